The van der Waals surface area contributed by atoms with E-state index in [9.17, 15) is 20.0 Å². The number of rotatable bonds is 7. The van der Waals surface area contributed by atoms with Gasteiger partial charge in [0.1, 0.15) is 17.9 Å². The highest BCUT2D eigenvalue weighted by molar-refractivity contribution is 5.93. The summed E-state index contributed by atoms with van der Waals surface area (Å²) >= 11 is 0. The van der Waals surface area contributed by atoms with Crippen molar-refractivity contribution in [3.63, 3.8) is 0 Å². The van der Waals surface area contributed by atoms with Crippen LogP contribution >= 0.6 is 0 Å². The van der Waals surface area contributed by atoms with E-state index < -0.39 is 12.1 Å². The predicted molar refractivity (Wildman–Crippen MR) is 178 cm³/mol. The van der Waals surface area contributed by atoms with Crippen LogP contribution in [0.1, 0.15) is 19.3 Å². The lowest BCUT2D eigenvalue weighted by molar-refractivity contribution is 0.119. The topological polar surface area (TPSA) is 141 Å². The van der Waals surface area contributed by atoms with Crippen LogP contribution in [0.4, 0.5) is 10.6 Å². The van der Waals surface area contributed by atoms with Crippen molar-refractivity contribution in [3.8, 4) is 29.2 Å². The van der Waals surface area contributed by atoms with Crippen LogP contribution in [0.25, 0.3) is 38.9 Å². The Kier molecular flexibility index (Phi) is 8.14. The van der Waals surface area contributed by atoms with Gasteiger partial charge in [0.05, 0.1) is 24.2 Å². The molecule has 2 aliphatic rings. The van der Waals surface area contributed by atoms with Gasteiger partial charge in [-0.1, -0.05) is 66.7 Å². The van der Waals surface area contributed by atoms with E-state index in [1.807, 2.05) is 77.7 Å². The maximum atomic E-state index is 14.8. The lowest BCUT2D eigenvalue weighted by Crippen LogP contribution is -2.55. The van der Waals surface area contributed by atoms with Crippen molar-refractivity contribution in [2.75, 3.05) is 44.7 Å². The number of amides is 1. The number of benzene rings is 3. The highest BCUT2D eigenvalue weighted by Crippen LogP contribution is 2.31. The van der Waals surface area contributed by atoms with Gasteiger partial charge in [-0.05, 0) is 37.9 Å². The van der Waals surface area contributed by atoms with E-state index in [4.69, 9.17) is 14.7 Å². The maximum Gasteiger partial charge on any atom is 0.407 e. The third-order valence-electron chi connectivity index (χ3n) is 9.15. The largest absolute Gasteiger partial charge is 0.465 e. The first-order valence-corrected chi connectivity index (χ1v) is 15.8. The number of nitrogens with zero attached hydrogens (tertiary/aromatic N) is 8. The number of hydrogen-bond donors (Lipinski definition) is 1. The Labute approximate surface area is 271 Å². The van der Waals surface area contributed by atoms with Crippen molar-refractivity contribution in [3.05, 3.63) is 83.2 Å². The van der Waals surface area contributed by atoms with Crippen molar-refractivity contribution in [1.82, 2.24) is 29.3 Å². The van der Waals surface area contributed by atoms with Gasteiger partial charge in [-0.3, -0.25) is 9.36 Å². The second kappa shape index (κ2) is 12.7. The molecule has 0 bridgehead atoms. The molecule has 0 spiro atoms. The van der Waals surface area contributed by atoms with E-state index in [1.54, 1.807) is 4.57 Å². The highest BCUT2D eigenvalue weighted by Gasteiger charge is 2.33. The van der Waals surface area contributed by atoms with Crippen molar-refractivity contribution >= 4 is 33.7 Å². The average molecular weight is 631 g/mol. The molecule has 2 atom stereocenters. The summed E-state index contributed by atoms with van der Waals surface area (Å²) in [5.41, 5.74) is 1.40. The summed E-state index contributed by atoms with van der Waals surface area (Å²) in [5.74, 6) is 0.792. The number of aromatic nitrogens is 4. The van der Waals surface area contributed by atoms with Crippen LogP contribution in [0.5, 0.6) is 6.01 Å². The minimum Gasteiger partial charge on any atom is -0.465 e. The van der Waals surface area contributed by atoms with E-state index in [2.05, 4.69) is 23.0 Å². The molecule has 2 fully saturated rings. The number of likely N-dealkylation sites (N-methyl/N-ethyl adjacent to an activating group) is 1. The Hall–Kier alpha value is -5.54. The van der Waals surface area contributed by atoms with Crippen LogP contribution in [-0.2, 0) is 0 Å². The molecule has 47 heavy (non-hydrogen) atoms. The molecule has 5 aromatic rings. The molecule has 0 radical (unpaired) electrons. The van der Waals surface area contributed by atoms with E-state index in [0.717, 1.165) is 35.7 Å². The molecule has 1 N–H and O–H groups in total. The van der Waals surface area contributed by atoms with Gasteiger partial charge in [-0.25, -0.2) is 9.78 Å². The number of fused-ring (bicyclic) bond motifs is 2. The number of likely N-dealkylation sites (tertiary alicyclic amines) is 1. The van der Waals surface area contributed by atoms with Gasteiger partial charge in [0.25, 0.3) is 5.56 Å². The minimum atomic E-state index is -1.08. The molecule has 7 rings (SSSR count). The standard InChI is InChI=1S/C35H34N8O4/c1-40-18-8-13-26(40)22-47-34-38-30-29(32(39-34)41-19-20-42(35(45)46)25(21-41)16-17-36)37-31(24-10-3-2-4-11-24)43(33(30)44)28-15-7-12-23-9-5-6-14-27(23)28/h2-7,9-12,14-15,25-26H,8,13,16,18-22H2,1H3,(H,45,46)/t25-,26-/m0/s1. The maximum absolute atomic E-state index is 14.8. The summed E-state index contributed by atoms with van der Waals surface area (Å²) in [6, 6.07) is 25.0. The molecule has 238 valence electrons. The molecular weight excluding hydrogens is 596 g/mol. The van der Waals surface area contributed by atoms with E-state index in [1.165, 1.54) is 4.90 Å². The number of carboxylic acid groups (broad SMARTS) is 1. The summed E-state index contributed by atoms with van der Waals surface area (Å²) in [6.07, 6.45) is 0.994. The number of carbonyl (C=O) groups is 1. The lowest BCUT2D eigenvalue weighted by Gasteiger charge is -2.39. The van der Waals surface area contributed by atoms with Crippen molar-refractivity contribution in [1.29, 1.82) is 5.26 Å². The van der Waals surface area contributed by atoms with E-state index in [-0.39, 0.29) is 48.2 Å². The third kappa shape index (κ3) is 5.70. The molecule has 0 aliphatic carbocycles. The smallest absolute Gasteiger partial charge is 0.407 e. The molecule has 1 amide bonds. The number of nitriles is 1. The second-order valence-corrected chi connectivity index (χ2v) is 12.0. The fourth-order valence-electron chi connectivity index (χ4n) is 6.67. The fraction of sp³-hybridized carbons (Fsp3) is 0.314. The van der Waals surface area contributed by atoms with E-state index >= 15 is 0 Å². The minimum absolute atomic E-state index is 0.0137. The molecule has 12 heteroatoms. The summed E-state index contributed by atoms with van der Waals surface area (Å²) < 4.78 is 7.80. The van der Waals surface area contributed by atoms with Crippen LogP contribution in [0, 0.1) is 11.3 Å². The molecular formula is C35H34N8O4. The molecule has 0 unspecified atom stereocenters. The second-order valence-electron chi connectivity index (χ2n) is 12.0. The Bertz CT molecular complexity index is 2060. The molecule has 3 aromatic carbocycles. The van der Waals surface area contributed by atoms with Gasteiger partial charge in [0.15, 0.2) is 11.3 Å². The number of piperazine rings is 1. The molecule has 2 aromatic heterocycles. The van der Waals surface area contributed by atoms with Gasteiger partial charge >= 0.3 is 12.1 Å². The monoisotopic (exact) mass is 630 g/mol. The van der Waals surface area contributed by atoms with Crippen LogP contribution in [0.3, 0.4) is 0 Å². The number of anilines is 1. The average Bonchev–Trinajstić information content (AvgIpc) is 3.51. The van der Waals surface area contributed by atoms with Crippen LogP contribution in [0.15, 0.2) is 77.6 Å². The van der Waals surface area contributed by atoms with Crippen LogP contribution in [0.2, 0.25) is 0 Å². The van der Waals surface area contributed by atoms with Crippen molar-refractivity contribution in [2.24, 2.45) is 0 Å². The predicted octanol–water partition coefficient (Wildman–Crippen LogP) is 4.55. The molecule has 4 heterocycles. The third-order valence-corrected chi connectivity index (χ3v) is 9.15. The SMILES string of the molecule is CN1CCC[C@H]1COc1nc(N2CCN(C(=O)O)[C@@H](CC#N)C2)c2nc(-c3ccccc3)n(-c3cccc4ccccc34)c(=O)c2n1. The summed E-state index contributed by atoms with van der Waals surface area (Å²) in [7, 11) is 2.06. The van der Waals surface area contributed by atoms with Crippen molar-refractivity contribution in [2.45, 2.75) is 31.3 Å². The first-order chi connectivity index (χ1) is 22.9. The fourth-order valence-corrected chi connectivity index (χ4v) is 6.67. The first-order valence-electron chi connectivity index (χ1n) is 15.8. The van der Waals surface area contributed by atoms with Gasteiger partial charge in [0, 0.05) is 36.6 Å². The highest BCUT2D eigenvalue weighted by atomic mass is 16.5. The van der Waals surface area contributed by atoms with Gasteiger partial charge in [-0.15, -0.1) is 0 Å². The van der Waals surface area contributed by atoms with Gasteiger partial charge in [0.2, 0.25) is 0 Å². The van der Waals surface area contributed by atoms with Gasteiger partial charge in [-0.2, -0.15) is 15.2 Å². The van der Waals surface area contributed by atoms with Crippen LogP contribution < -0.4 is 15.2 Å². The molecule has 2 aliphatic heterocycles. The zero-order valence-corrected chi connectivity index (χ0v) is 26.0. The zero-order chi connectivity index (χ0) is 32.5. The normalized spacial score (nSPS) is 18.5. The summed E-state index contributed by atoms with van der Waals surface area (Å²) in [4.78, 5) is 46.8. The van der Waals surface area contributed by atoms with E-state index in [0.29, 0.717) is 30.5 Å². The Morgan fingerprint density at radius 2 is 1.74 bits per heavy atom. The zero-order valence-electron chi connectivity index (χ0n) is 26.0. The van der Waals surface area contributed by atoms with Crippen molar-refractivity contribution < 1.29 is 14.6 Å². The first kappa shape index (κ1) is 30.1. The van der Waals surface area contributed by atoms with Crippen LogP contribution in [-0.4, -0.2) is 92.4 Å². The number of hydrogen-bond acceptors (Lipinski definition) is 9. The molecule has 12 nitrogen and oxygen atoms in total. The quantitative estimate of drug-likeness (QED) is 0.272. The summed E-state index contributed by atoms with van der Waals surface area (Å²) in [6.45, 7) is 1.99. The summed E-state index contributed by atoms with van der Waals surface area (Å²) in [5, 5.41) is 21.2. The number of ether oxygens (including phenoxy) is 1. The van der Waals surface area contributed by atoms with Gasteiger partial charge < -0.3 is 24.5 Å². The lowest BCUT2D eigenvalue weighted by atomic mass is 10.1. The Morgan fingerprint density at radius 3 is 2.51 bits per heavy atom. The molecule has 2 saturated heterocycles. The Balaban J connectivity index is 1.45. The molecule has 0 saturated carbocycles. The Morgan fingerprint density at radius 1 is 0.957 bits per heavy atom.